The van der Waals surface area contributed by atoms with E-state index in [4.69, 9.17) is 0 Å². The van der Waals surface area contributed by atoms with E-state index >= 15 is 0 Å². The molecular weight excluding hydrogens is 234 g/mol. The molecule has 4 nitrogen and oxygen atoms in total. The number of H-pyrrole nitrogens is 1. The maximum atomic E-state index is 13.3. The molecular formula is C12H10BFN2O2. The minimum Gasteiger partial charge on any atom is -0.361 e. The number of hydrogen-bond acceptors (Lipinski definition) is 2. The van der Waals surface area contributed by atoms with Crippen molar-refractivity contribution in [3.05, 3.63) is 35.8 Å². The van der Waals surface area contributed by atoms with E-state index in [1.165, 1.54) is 12.1 Å². The minimum absolute atomic E-state index is 0.0926. The van der Waals surface area contributed by atoms with E-state index in [1.54, 1.807) is 20.1 Å². The molecule has 0 aliphatic carbocycles. The van der Waals surface area contributed by atoms with Gasteiger partial charge in [0.15, 0.2) is 0 Å². The lowest BCUT2D eigenvalue weighted by atomic mass is 9.63. The highest BCUT2D eigenvalue weighted by molar-refractivity contribution is 6.35. The molecule has 18 heavy (non-hydrogen) atoms. The number of imide groups is 1. The fraction of sp³-hybridized carbons (Fsp3) is 0.167. The normalized spacial score (nSPS) is 23.6. The van der Waals surface area contributed by atoms with Crippen molar-refractivity contribution in [1.29, 1.82) is 0 Å². The van der Waals surface area contributed by atoms with E-state index in [9.17, 15) is 14.0 Å². The number of benzene rings is 1. The van der Waals surface area contributed by atoms with Gasteiger partial charge in [0.1, 0.15) is 13.7 Å². The highest BCUT2D eigenvalue weighted by atomic mass is 19.1. The van der Waals surface area contributed by atoms with Gasteiger partial charge in [-0.15, -0.1) is 0 Å². The summed E-state index contributed by atoms with van der Waals surface area (Å²) >= 11 is 0. The maximum Gasteiger partial charge on any atom is 0.229 e. The van der Waals surface area contributed by atoms with E-state index in [1.807, 2.05) is 0 Å². The Morgan fingerprint density at radius 3 is 2.78 bits per heavy atom. The van der Waals surface area contributed by atoms with Gasteiger partial charge < -0.3 is 4.98 Å². The molecule has 1 fully saturated rings. The Kier molecular flexibility index (Phi) is 2.11. The van der Waals surface area contributed by atoms with Gasteiger partial charge >= 0.3 is 0 Å². The minimum atomic E-state index is -0.927. The van der Waals surface area contributed by atoms with E-state index in [-0.39, 0.29) is 24.1 Å². The zero-order valence-corrected chi connectivity index (χ0v) is 9.71. The molecule has 90 valence electrons. The Morgan fingerprint density at radius 1 is 1.33 bits per heavy atom. The zero-order chi connectivity index (χ0) is 12.9. The summed E-state index contributed by atoms with van der Waals surface area (Å²) in [7, 11) is 1.70. The summed E-state index contributed by atoms with van der Waals surface area (Å²) in [5.41, 5.74) is 1.40. The fourth-order valence-corrected chi connectivity index (χ4v) is 2.48. The van der Waals surface area contributed by atoms with Crippen molar-refractivity contribution in [1.82, 2.24) is 10.3 Å². The number of aromatic amines is 1. The number of fused-ring (bicyclic) bond motifs is 1. The summed E-state index contributed by atoms with van der Waals surface area (Å²) in [4.78, 5) is 26.2. The average Bonchev–Trinajstić information content (AvgIpc) is 2.81. The lowest BCUT2D eigenvalue weighted by molar-refractivity contribution is -0.125. The second kappa shape index (κ2) is 3.44. The Hall–Kier alpha value is -2.11. The molecule has 2 amide bonds. The maximum absolute atomic E-state index is 13.3. The Morgan fingerprint density at radius 2 is 2.11 bits per heavy atom. The molecule has 6 heteroatoms. The Bertz CT molecular complexity index is 682. The molecule has 1 aliphatic heterocycles. The van der Waals surface area contributed by atoms with Crippen LogP contribution < -0.4 is 5.32 Å². The first-order chi connectivity index (χ1) is 8.50. The number of hydrogen-bond donors (Lipinski definition) is 2. The van der Waals surface area contributed by atoms with Crippen LogP contribution in [0.2, 0.25) is 0 Å². The molecule has 0 radical (unpaired) electrons. The molecule has 2 N–H and O–H groups in total. The second-order valence-electron chi connectivity index (χ2n) is 4.78. The Labute approximate surface area is 103 Å². The molecule has 1 aromatic heterocycles. The van der Waals surface area contributed by atoms with Crippen LogP contribution in [0.3, 0.4) is 0 Å². The quantitative estimate of drug-likeness (QED) is 0.555. The number of amides is 2. The van der Waals surface area contributed by atoms with Crippen molar-refractivity contribution in [2.75, 3.05) is 0 Å². The van der Waals surface area contributed by atoms with Gasteiger partial charge in [0.25, 0.3) is 0 Å². The van der Waals surface area contributed by atoms with Gasteiger partial charge in [-0.1, -0.05) is 0 Å². The van der Waals surface area contributed by atoms with Gasteiger partial charge in [0, 0.05) is 23.5 Å². The third kappa shape index (κ3) is 1.38. The van der Waals surface area contributed by atoms with E-state index in [0.717, 1.165) is 5.52 Å². The van der Waals surface area contributed by atoms with Crippen LogP contribution in [0.15, 0.2) is 24.4 Å². The van der Waals surface area contributed by atoms with E-state index < -0.39 is 5.31 Å². The molecule has 2 heterocycles. The summed E-state index contributed by atoms with van der Waals surface area (Å²) in [5, 5.41) is 2.00. The second-order valence-corrected chi connectivity index (χ2v) is 4.78. The van der Waals surface area contributed by atoms with Crippen molar-refractivity contribution in [3.8, 4) is 0 Å². The molecule has 1 aromatic carbocycles. The van der Waals surface area contributed by atoms with E-state index in [2.05, 4.69) is 10.3 Å². The van der Waals surface area contributed by atoms with Crippen molar-refractivity contribution in [3.63, 3.8) is 0 Å². The van der Waals surface area contributed by atoms with Crippen LogP contribution in [0.5, 0.6) is 0 Å². The van der Waals surface area contributed by atoms with Crippen LogP contribution in [0.4, 0.5) is 4.39 Å². The first-order valence-electron chi connectivity index (χ1n) is 5.62. The van der Waals surface area contributed by atoms with Crippen molar-refractivity contribution >= 4 is 30.6 Å². The topological polar surface area (TPSA) is 62.0 Å². The van der Waals surface area contributed by atoms with Crippen LogP contribution in [0.25, 0.3) is 10.9 Å². The monoisotopic (exact) mass is 244 g/mol. The van der Waals surface area contributed by atoms with Crippen molar-refractivity contribution < 1.29 is 14.0 Å². The molecule has 0 saturated carbocycles. The largest absolute Gasteiger partial charge is 0.361 e. The number of aromatic nitrogens is 1. The standard InChI is InChI=1S/C12H10BFN2O2/c13-12(4-10(17)16-11(12)18)8-5-15-9-2-1-6(14)3-7(8)9/h1-3,5,15H,4,13H2,(H,16,17,18). The molecule has 1 saturated heterocycles. The van der Waals surface area contributed by atoms with E-state index in [0.29, 0.717) is 10.9 Å². The zero-order valence-electron chi connectivity index (χ0n) is 9.71. The molecule has 1 aliphatic rings. The lowest BCUT2D eigenvalue weighted by Crippen LogP contribution is -2.35. The molecule has 1 atom stereocenters. The summed E-state index contributed by atoms with van der Waals surface area (Å²) in [5.74, 6) is -0.998. The number of halogens is 1. The van der Waals surface area contributed by atoms with Crippen molar-refractivity contribution in [2.24, 2.45) is 0 Å². The molecule has 3 rings (SSSR count). The summed E-state index contributed by atoms with van der Waals surface area (Å²) in [6.07, 6.45) is 1.76. The van der Waals surface area contributed by atoms with Crippen molar-refractivity contribution in [2.45, 2.75) is 11.7 Å². The molecule has 0 bridgehead atoms. The van der Waals surface area contributed by atoms with Crippen LogP contribution in [-0.2, 0) is 14.9 Å². The number of nitrogens with one attached hydrogen (secondary N) is 2. The smallest absolute Gasteiger partial charge is 0.229 e. The van der Waals surface area contributed by atoms with Gasteiger partial charge in [-0.25, -0.2) is 4.39 Å². The van der Waals surface area contributed by atoms with Gasteiger partial charge in [0.2, 0.25) is 11.8 Å². The summed E-state index contributed by atoms with van der Waals surface area (Å²) < 4.78 is 13.3. The SMILES string of the molecule is BC1(c2c[nH]c3ccc(F)cc23)CC(=O)NC1=O. The first kappa shape index (κ1) is 11.0. The van der Waals surface area contributed by atoms with Gasteiger partial charge in [0.05, 0.1) is 5.31 Å². The van der Waals surface area contributed by atoms with Crippen LogP contribution in [0, 0.1) is 5.82 Å². The summed E-state index contributed by atoms with van der Waals surface area (Å²) in [6.45, 7) is 0. The highest BCUT2D eigenvalue weighted by Gasteiger charge is 2.44. The number of rotatable bonds is 1. The molecule has 1 unspecified atom stereocenters. The third-order valence-corrected chi connectivity index (χ3v) is 3.51. The third-order valence-electron chi connectivity index (χ3n) is 3.51. The van der Waals surface area contributed by atoms with Gasteiger partial charge in [-0.05, 0) is 23.8 Å². The number of carbonyl (C=O) groups excluding carboxylic acids is 2. The predicted octanol–water partition coefficient (Wildman–Crippen LogP) is 0.182. The highest BCUT2D eigenvalue weighted by Crippen LogP contribution is 2.34. The average molecular weight is 244 g/mol. The molecule has 0 spiro atoms. The first-order valence-corrected chi connectivity index (χ1v) is 5.62. The summed E-state index contributed by atoms with van der Waals surface area (Å²) in [6, 6.07) is 4.35. The number of carbonyl (C=O) groups is 2. The van der Waals surface area contributed by atoms with Gasteiger partial charge in [-0.3, -0.25) is 14.9 Å². The van der Waals surface area contributed by atoms with Gasteiger partial charge in [-0.2, -0.15) is 0 Å². The van der Waals surface area contributed by atoms with Crippen LogP contribution in [-0.4, -0.2) is 24.6 Å². The fourth-order valence-electron chi connectivity index (χ4n) is 2.48. The predicted molar refractivity (Wildman–Crippen MR) is 66.2 cm³/mol. The Balaban J connectivity index is 2.23. The molecule has 2 aromatic rings. The lowest BCUT2D eigenvalue weighted by Gasteiger charge is -2.18. The van der Waals surface area contributed by atoms with Crippen LogP contribution >= 0.6 is 0 Å². The van der Waals surface area contributed by atoms with Crippen LogP contribution in [0.1, 0.15) is 12.0 Å².